The first-order valence-electron chi connectivity index (χ1n) is 12.9. The van der Waals surface area contributed by atoms with Crippen molar-refractivity contribution in [3.8, 4) is 5.75 Å². The number of para-hydroxylation sites is 1. The van der Waals surface area contributed by atoms with Crippen LogP contribution >= 0.6 is 0 Å². The maximum Gasteiger partial charge on any atom is 0.136 e. The zero-order chi connectivity index (χ0) is 24.2. The van der Waals surface area contributed by atoms with Crippen LogP contribution in [0.1, 0.15) is 43.5 Å². The van der Waals surface area contributed by atoms with Gasteiger partial charge in [-0.25, -0.2) is 4.68 Å². The smallest absolute Gasteiger partial charge is 0.136 e. The molecule has 0 bridgehead atoms. The average molecular weight is 476 g/mol. The molecule has 2 aliphatic heterocycles. The lowest BCUT2D eigenvalue weighted by molar-refractivity contribution is 0.140. The first-order chi connectivity index (χ1) is 17.1. The number of amidine groups is 1. The van der Waals surface area contributed by atoms with Gasteiger partial charge in [0.25, 0.3) is 0 Å². The van der Waals surface area contributed by atoms with Gasteiger partial charge < -0.3 is 26.0 Å². The van der Waals surface area contributed by atoms with Crippen molar-refractivity contribution in [2.75, 3.05) is 44.6 Å². The Morgan fingerprint density at radius 2 is 2.00 bits per heavy atom. The van der Waals surface area contributed by atoms with Crippen molar-refractivity contribution in [2.24, 2.45) is 11.7 Å². The van der Waals surface area contributed by atoms with Gasteiger partial charge in [-0.2, -0.15) is 5.10 Å². The van der Waals surface area contributed by atoms with E-state index in [0.717, 1.165) is 80.7 Å². The number of piperidine rings is 1. The minimum Gasteiger partial charge on any atom is -0.486 e. The minimum atomic E-state index is -0.0209. The number of ether oxygens (including phenoxy) is 1. The van der Waals surface area contributed by atoms with E-state index in [1.165, 1.54) is 6.54 Å². The zero-order valence-corrected chi connectivity index (χ0v) is 20.5. The molecule has 35 heavy (non-hydrogen) atoms. The summed E-state index contributed by atoms with van der Waals surface area (Å²) in [7, 11) is 0. The number of aromatic nitrogens is 2. The standard InChI is InChI=1S/C27H37N7O/c1-2-31-27-24(26(28)29)25(20-8-10-23(11-9-20)35-22-6-4-3-5-7-22)32-34(27)21-12-14-33(15-13-21)18-19-16-30-17-19/h3-10,19,21,23,30-31H,2,11-18H2,1H3,(H3,28,29). The van der Waals surface area contributed by atoms with E-state index in [1.807, 2.05) is 30.3 Å². The summed E-state index contributed by atoms with van der Waals surface area (Å²) in [6, 6.07) is 10.2. The molecule has 5 N–H and O–H groups in total. The fourth-order valence-corrected chi connectivity index (χ4v) is 5.22. The molecular weight excluding hydrogens is 438 g/mol. The molecule has 1 aromatic heterocycles. The number of hydrogen-bond acceptors (Lipinski definition) is 6. The lowest BCUT2D eigenvalue weighted by atomic mass is 9.99. The van der Waals surface area contributed by atoms with Gasteiger partial charge in [0.15, 0.2) is 0 Å². The second kappa shape index (κ2) is 10.7. The molecule has 8 nitrogen and oxygen atoms in total. The van der Waals surface area contributed by atoms with Crippen LogP contribution in [0, 0.1) is 11.3 Å². The normalized spacial score (nSPS) is 21.4. The fraction of sp³-hybridized carbons (Fsp3) is 0.481. The van der Waals surface area contributed by atoms with Crippen LogP contribution in [0.3, 0.4) is 0 Å². The molecule has 8 heteroatoms. The van der Waals surface area contributed by atoms with Gasteiger partial charge in [0.05, 0.1) is 11.6 Å². The Morgan fingerprint density at radius 3 is 2.60 bits per heavy atom. The number of rotatable bonds is 9. The number of nitrogens with zero attached hydrogens (tertiary/aromatic N) is 3. The molecule has 3 aliphatic rings. The summed E-state index contributed by atoms with van der Waals surface area (Å²) in [5, 5.41) is 20.3. The zero-order valence-electron chi connectivity index (χ0n) is 20.5. The van der Waals surface area contributed by atoms with Gasteiger partial charge in [-0.15, -0.1) is 0 Å². The monoisotopic (exact) mass is 475 g/mol. The molecule has 1 atom stereocenters. The Labute approximate surface area is 207 Å². The number of anilines is 1. The van der Waals surface area contributed by atoms with Gasteiger partial charge in [0.1, 0.15) is 29.2 Å². The van der Waals surface area contributed by atoms with Crippen LogP contribution in [-0.4, -0.2) is 65.9 Å². The summed E-state index contributed by atoms with van der Waals surface area (Å²) >= 11 is 0. The number of nitrogens with two attached hydrogens (primary N) is 1. The second-order valence-corrected chi connectivity index (χ2v) is 9.74. The highest BCUT2D eigenvalue weighted by Crippen LogP contribution is 2.34. The van der Waals surface area contributed by atoms with Crippen molar-refractivity contribution < 1.29 is 4.74 Å². The Kier molecular flexibility index (Phi) is 7.20. The Hall–Kier alpha value is -3.10. The molecule has 5 rings (SSSR count). The third kappa shape index (κ3) is 5.28. The molecule has 0 saturated carbocycles. The molecule has 1 unspecified atom stereocenters. The molecule has 2 aromatic rings. The van der Waals surface area contributed by atoms with E-state index in [9.17, 15) is 0 Å². The first-order valence-corrected chi connectivity index (χ1v) is 12.9. The highest BCUT2D eigenvalue weighted by atomic mass is 16.5. The molecule has 0 radical (unpaired) electrons. The fourth-order valence-electron chi connectivity index (χ4n) is 5.22. The van der Waals surface area contributed by atoms with Crippen molar-refractivity contribution >= 4 is 17.2 Å². The summed E-state index contributed by atoms with van der Waals surface area (Å²) in [6.45, 7) is 8.47. The number of hydrogen-bond donors (Lipinski definition) is 4. The quantitative estimate of drug-likeness (QED) is 0.328. The highest BCUT2D eigenvalue weighted by molar-refractivity contribution is 6.04. The van der Waals surface area contributed by atoms with E-state index >= 15 is 0 Å². The molecule has 2 fully saturated rings. The molecule has 1 aliphatic carbocycles. The average Bonchev–Trinajstić information content (AvgIpc) is 3.23. The van der Waals surface area contributed by atoms with Crippen molar-refractivity contribution in [1.29, 1.82) is 5.41 Å². The van der Waals surface area contributed by atoms with E-state index in [4.69, 9.17) is 21.0 Å². The van der Waals surface area contributed by atoms with E-state index in [2.05, 4.69) is 45.4 Å². The van der Waals surface area contributed by atoms with Gasteiger partial charge in [0, 0.05) is 45.7 Å². The molecular formula is C27H37N7O. The lowest BCUT2D eigenvalue weighted by Gasteiger charge is -2.37. The van der Waals surface area contributed by atoms with Gasteiger partial charge in [0.2, 0.25) is 0 Å². The van der Waals surface area contributed by atoms with E-state index in [0.29, 0.717) is 11.6 Å². The lowest BCUT2D eigenvalue weighted by Crippen LogP contribution is -2.49. The van der Waals surface area contributed by atoms with Gasteiger partial charge in [-0.3, -0.25) is 5.41 Å². The van der Waals surface area contributed by atoms with Crippen LogP contribution in [0.5, 0.6) is 5.75 Å². The van der Waals surface area contributed by atoms with E-state index in [-0.39, 0.29) is 11.9 Å². The van der Waals surface area contributed by atoms with Crippen molar-refractivity contribution in [1.82, 2.24) is 20.0 Å². The SMILES string of the molecule is CCNc1c(C(=N)N)c(C2=CCC(Oc3ccccc3)C=C2)nn1C1CCN(CC2CNC2)CC1. The van der Waals surface area contributed by atoms with Crippen LogP contribution in [0.15, 0.2) is 48.6 Å². The molecule has 2 saturated heterocycles. The minimum absolute atomic E-state index is 0.0209. The molecule has 186 valence electrons. The maximum absolute atomic E-state index is 8.36. The van der Waals surface area contributed by atoms with Crippen LogP contribution in [0.4, 0.5) is 5.82 Å². The number of allylic oxidation sites excluding steroid dienone is 2. The van der Waals surface area contributed by atoms with Crippen LogP contribution in [-0.2, 0) is 0 Å². The van der Waals surface area contributed by atoms with Gasteiger partial charge >= 0.3 is 0 Å². The Morgan fingerprint density at radius 1 is 1.23 bits per heavy atom. The molecule has 0 spiro atoms. The Bertz CT molecular complexity index is 1080. The third-order valence-corrected chi connectivity index (χ3v) is 7.17. The summed E-state index contributed by atoms with van der Waals surface area (Å²) in [5.41, 5.74) is 8.60. The van der Waals surface area contributed by atoms with E-state index < -0.39 is 0 Å². The Balaban J connectivity index is 1.34. The molecule has 0 amide bonds. The number of nitrogen functional groups attached to an aromatic ring is 1. The third-order valence-electron chi connectivity index (χ3n) is 7.17. The molecule has 1 aromatic carbocycles. The van der Waals surface area contributed by atoms with Crippen molar-refractivity contribution in [3.05, 3.63) is 59.8 Å². The summed E-state index contributed by atoms with van der Waals surface area (Å²) < 4.78 is 8.19. The number of benzene rings is 1. The van der Waals surface area contributed by atoms with E-state index in [1.54, 1.807) is 0 Å². The van der Waals surface area contributed by atoms with Crippen LogP contribution in [0.25, 0.3) is 5.57 Å². The van der Waals surface area contributed by atoms with Gasteiger partial charge in [-0.05, 0) is 49.5 Å². The maximum atomic E-state index is 8.36. The van der Waals surface area contributed by atoms with Crippen LogP contribution in [0.2, 0.25) is 0 Å². The largest absolute Gasteiger partial charge is 0.486 e. The highest BCUT2D eigenvalue weighted by Gasteiger charge is 2.30. The topological polar surface area (TPSA) is 104 Å². The number of likely N-dealkylation sites (tertiary alicyclic amines) is 1. The molecule has 3 heterocycles. The van der Waals surface area contributed by atoms with Crippen molar-refractivity contribution in [3.63, 3.8) is 0 Å². The summed E-state index contributed by atoms with van der Waals surface area (Å²) in [5.74, 6) is 2.58. The predicted octanol–water partition coefficient (Wildman–Crippen LogP) is 3.25. The van der Waals surface area contributed by atoms with Crippen LogP contribution < -0.4 is 21.1 Å². The van der Waals surface area contributed by atoms with Crippen molar-refractivity contribution in [2.45, 2.75) is 38.3 Å². The second-order valence-electron chi connectivity index (χ2n) is 9.74. The predicted molar refractivity (Wildman–Crippen MR) is 141 cm³/mol. The summed E-state index contributed by atoms with van der Waals surface area (Å²) in [4.78, 5) is 2.59. The first kappa shape index (κ1) is 23.6. The number of nitrogens with one attached hydrogen (secondary N) is 3. The summed E-state index contributed by atoms with van der Waals surface area (Å²) in [6.07, 6.45) is 9.12. The van der Waals surface area contributed by atoms with Gasteiger partial charge in [-0.1, -0.05) is 30.4 Å².